The molecule has 0 radical (unpaired) electrons. The molecule has 18 heavy (non-hydrogen) atoms. The van der Waals surface area contributed by atoms with Crippen molar-refractivity contribution in [3.05, 3.63) is 57.3 Å². The Bertz CT molecular complexity index is 488. The van der Waals surface area contributed by atoms with Gasteiger partial charge in [-0.3, -0.25) is 0 Å². The highest BCUT2D eigenvalue weighted by atomic mass is 32.1. The fourth-order valence-corrected chi connectivity index (χ4v) is 3.04. The fraction of sp³-hybridized carbons (Fsp3) is 0.375. The molecule has 0 aliphatic heterocycles. The van der Waals surface area contributed by atoms with Crippen LogP contribution in [0.4, 0.5) is 0 Å². The van der Waals surface area contributed by atoms with Gasteiger partial charge < -0.3 is 5.32 Å². The molecule has 0 fully saturated rings. The van der Waals surface area contributed by atoms with Gasteiger partial charge in [0.05, 0.1) is 0 Å². The van der Waals surface area contributed by atoms with Crippen LogP contribution in [0.1, 0.15) is 34.7 Å². The van der Waals surface area contributed by atoms with Gasteiger partial charge in [0.1, 0.15) is 0 Å². The van der Waals surface area contributed by atoms with Crippen molar-refractivity contribution in [3.63, 3.8) is 0 Å². The molecule has 2 heteroatoms. The second kappa shape index (κ2) is 6.17. The number of aryl methyl sites for hydroxylation is 3. The summed E-state index contributed by atoms with van der Waals surface area (Å²) in [6.45, 7) is 4.36. The predicted octanol–water partition coefficient (Wildman–Crippen LogP) is 4.26. The summed E-state index contributed by atoms with van der Waals surface area (Å²) in [5.41, 5.74) is 5.61. The molecular formula is C16H21NS. The van der Waals surface area contributed by atoms with Crippen LogP contribution in [0.3, 0.4) is 0 Å². The summed E-state index contributed by atoms with van der Waals surface area (Å²) in [6, 6.07) is 9.39. The van der Waals surface area contributed by atoms with E-state index in [0.29, 0.717) is 6.04 Å². The lowest BCUT2D eigenvalue weighted by Crippen LogP contribution is -2.18. The average molecular weight is 259 g/mol. The van der Waals surface area contributed by atoms with E-state index in [9.17, 15) is 0 Å². The van der Waals surface area contributed by atoms with Crippen molar-refractivity contribution >= 4 is 11.3 Å². The zero-order valence-electron chi connectivity index (χ0n) is 11.4. The van der Waals surface area contributed by atoms with Gasteiger partial charge in [0.25, 0.3) is 0 Å². The van der Waals surface area contributed by atoms with Crippen LogP contribution in [0.5, 0.6) is 0 Å². The first kappa shape index (κ1) is 13.3. The van der Waals surface area contributed by atoms with Gasteiger partial charge in [-0.15, -0.1) is 0 Å². The summed E-state index contributed by atoms with van der Waals surface area (Å²) in [6.07, 6.45) is 2.29. The molecule has 0 saturated carbocycles. The van der Waals surface area contributed by atoms with Crippen molar-refractivity contribution in [3.8, 4) is 0 Å². The molecule has 1 N–H and O–H groups in total. The van der Waals surface area contributed by atoms with Gasteiger partial charge in [-0.05, 0) is 67.3 Å². The molecule has 1 nitrogen and oxygen atoms in total. The maximum Gasteiger partial charge on any atom is 0.0323 e. The molecule has 1 atom stereocenters. The van der Waals surface area contributed by atoms with E-state index < -0.39 is 0 Å². The van der Waals surface area contributed by atoms with Crippen LogP contribution >= 0.6 is 11.3 Å². The highest BCUT2D eigenvalue weighted by Gasteiger charge is 2.12. The first-order valence-corrected chi connectivity index (χ1v) is 7.40. The van der Waals surface area contributed by atoms with Crippen LogP contribution in [0.2, 0.25) is 0 Å². The fourth-order valence-electron chi connectivity index (χ4n) is 2.34. The van der Waals surface area contributed by atoms with E-state index in [4.69, 9.17) is 0 Å². The third-order valence-electron chi connectivity index (χ3n) is 3.46. The van der Waals surface area contributed by atoms with E-state index in [0.717, 1.165) is 12.8 Å². The molecule has 2 rings (SSSR count). The predicted molar refractivity (Wildman–Crippen MR) is 80.4 cm³/mol. The number of hydrogen-bond acceptors (Lipinski definition) is 2. The first-order chi connectivity index (χ1) is 8.70. The summed E-state index contributed by atoms with van der Waals surface area (Å²) in [7, 11) is 2.06. The van der Waals surface area contributed by atoms with Crippen LogP contribution in [-0.2, 0) is 6.42 Å². The number of thiophene rings is 1. The monoisotopic (exact) mass is 259 g/mol. The van der Waals surface area contributed by atoms with Crippen LogP contribution in [-0.4, -0.2) is 7.05 Å². The number of nitrogens with one attached hydrogen (secondary N) is 1. The van der Waals surface area contributed by atoms with Gasteiger partial charge in [0, 0.05) is 6.04 Å². The molecule has 0 aliphatic carbocycles. The second-order valence-corrected chi connectivity index (χ2v) is 5.65. The minimum atomic E-state index is 0.449. The maximum absolute atomic E-state index is 3.45. The maximum atomic E-state index is 3.45. The van der Waals surface area contributed by atoms with Gasteiger partial charge in [-0.25, -0.2) is 0 Å². The number of rotatable bonds is 5. The third kappa shape index (κ3) is 3.21. The third-order valence-corrected chi connectivity index (χ3v) is 4.19. The Balaban J connectivity index is 2.10. The lowest BCUT2D eigenvalue weighted by atomic mass is 9.95. The Kier molecular flexibility index (Phi) is 4.56. The molecule has 0 amide bonds. The minimum absolute atomic E-state index is 0.449. The molecule has 1 unspecified atom stereocenters. The molecule has 0 aliphatic rings. The minimum Gasteiger partial charge on any atom is -0.313 e. The molecule has 2 aromatic rings. The smallest absolute Gasteiger partial charge is 0.0323 e. The molecule has 1 aromatic carbocycles. The van der Waals surface area contributed by atoms with Crippen molar-refractivity contribution < 1.29 is 0 Å². The standard InChI is InChI=1S/C16H21NS/c1-12-4-5-13(2)15(10-12)16(17-3)7-6-14-8-9-18-11-14/h4-5,8-11,16-17H,6-7H2,1-3H3. The van der Waals surface area contributed by atoms with Crippen LogP contribution in [0.25, 0.3) is 0 Å². The summed E-state index contributed by atoms with van der Waals surface area (Å²) in [5, 5.41) is 7.85. The first-order valence-electron chi connectivity index (χ1n) is 6.46. The Labute approximate surface area is 114 Å². The zero-order chi connectivity index (χ0) is 13.0. The Hall–Kier alpha value is -1.12. The van der Waals surface area contributed by atoms with Crippen molar-refractivity contribution in [1.82, 2.24) is 5.32 Å². The Morgan fingerprint density at radius 2 is 2.06 bits per heavy atom. The average Bonchev–Trinajstić information content (AvgIpc) is 2.87. The Morgan fingerprint density at radius 1 is 1.22 bits per heavy atom. The molecule has 0 bridgehead atoms. The summed E-state index contributed by atoms with van der Waals surface area (Å²) in [5.74, 6) is 0. The quantitative estimate of drug-likeness (QED) is 0.846. The summed E-state index contributed by atoms with van der Waals surface area (Å²) < 4.78 is 0. The lowest BCUT2D eigenvalue weighted by molar-refractivity contribution is 0.547. The second-order valence-electron chi connectivity index (χ2n) is 4.87. The topological polar surface area (TPSA) is 12.0 Å². The molecule has 96 valence electrons. The normalized spacial score (nSPS) is 12.6. The van der Waals surface area contributed by atoms with E-state index in [1.165, 1.54) is 22.3 Å². The van der Waals surface area contributed by atoms with E-state index >= 15 is 0 Å². The van der Waals surface area contributed by atoms with E-state index in [2.05, 4.69) is 61.2 Å². The van der Waals surface area contributed by atoms with Gasteiger partial charge >= 0.3 is 0 Å². The highest BCUT2D eigenvalue weighted by Crippen LogP contribution is 2.23. The summed E-state index contributed by atoms with van der Waals surface area (Å²) >= 11 is 1.78. The van der Waals surface area contributed by atoms with Crippen molar-refractivity contribution in [2.45, 2.75) is 32.7 Å². The lowest BCUT2D eigenvalue weighted by Gasteiger charge is -2.19. The van der Waals surface area contributed by atoms with Crippen molar-refractivity contribution in [1.29, 1.82) is 0 Å². The Morgan fingerprint density at radius 3 is 2.72 bits per heavy atom. The molecular weight excluding hydrogens is 238 g/mol. The summed E-state index contributed by atoms with van der Waals surface area (Å²) in [4.78, 5) is 0. The number of benzene rings is 1. The van der Waals surface area contributed by atoms with Gasteiger partial charge in [-0.2, -0.15) is 11.3 Å². The molecule has 1 aromatic heterocycles. The molecule has 1 heterocycles. The highest BCUT2D eigenvalue weighted by molar-refractivity contribution is 7.07. The largest absolute Gasteiger partial charge is 0.313 e. The van der Waals surface area contributed by atoms with Crippen molar-refractivity contribution in [2.75, 3.05) is 7.05 Å². The van der Waals surface area contributed by atoms with Crippen LogP contribution in [0.15, 0.2) is 35.0 Å². The van der Waals surface area contributed by atoms with Crippen LogP contribution < -0.4 is 5.32 Å². The van der Waals surface area contributed by atoms with Gasteiger partial charge in [0.15, 0.2) is 0 Å². The van der Waals surface area contributed by atoms with Gasteiger partial charge in [0.2, 0.25) is 0 Å². The molecule has 0 saturated heterocycles. The zero-order valence-corrected chi connectivity index (χ0v) is 12.2. The SMILES string of the molecule is CNC(CCc1ccsc1)c1cc(C)ccc1C. The van der Waals surface area contributed by atoms with E-state index in [1.807, 2.05) is 0 Å². The number of hydrogen-bond donors (Lipinski definition) is 1. The van der Waals surface area contributed by atoms with Crippen molar-refractivity contribution in [2.24, 2.45) is 0 Å². The van der Waals surface area contributed by atoms with E-state index in [-0.39, 0.29) is 0 Å². The van der Waals surface area contributed by atoms with E-state index in [1.54, 1.807) is 11.3 Å². The van der Waals surface area contributed by atoms with Crippen LogP contribution in [0, 0.1) is 13.8 Å². The van der Waals surface area contributed by atoms with Gasteiger partial charge in [-0.1, -0.05) is 23.8 Å². The molecule has 0 spiro atoms.